The predicted octanol–water partition coefficient (Wildman–Crippen LogP) is 2.09. The van der Waals surface area contributed by atoms with E-state index in [9.17, 15) is 0 Å². The molecule has 3 N–H and O–H groups in total. The molecule has 4 nitrogen and oxygen atoms in total. The van der Waals surface area contributed by atoms with Crippen LogP contribution in [0.3, 0.4) is 0 Å². The first-order chi connectivity index (χ1) is 8.63. The molecule has 0 radical (unpaired) electrons. The van der Waals surface area contributed by atoms with E-state index >= 15 is 0 Å². The molecule has 0 aliphatic heterocycles. The highest BCUT2D eigenvalue weighted by Gasteiger charge is 2.18. The third-order valence-electron chi connectivity index (χ3n) is 3.49. The summed E-state index contributed by atoms with van der Waals surface area (Å²) in [4.78, 5) is 6.86. The zero-order valence-corrected chi connectivity index (χ0v) is 11.3. The van der Waals surface area contributed by atoms with Crippen molar-refractivity contribution in [2.75, 3.05) is 18.5 Å². The number of nitrogens with zero attached hydrogens (tertiary/aromatic N) is 2. The van der Waals surface area contributed by atoms with Crippen molar-refractivity contribution in [2.24, 2.45) is 5.73 Å². The minimum absolute atomic E-state index is 0.119. The average molecular weight is 246 g/mol. The molecule has 1 aromatic heterocycles. The van der Waals surface area contributed by atoms with Crippen LogP contribution in [0.1, 0.15) is 43.0 Å². The van der Waals surface area contributed by atoms with Crippen LogP contribution < -0.4 is 10.6 Å². The topological polar surface area (TPSA) is 66.0 Å². The van der Waals surface area contributed by atoms with Gasteiger partial charge in [0.05, 0.1) is 5.56 Å². The smallest absolute Gasteiger partial charge is 0.139 e. The Morgan fingerprint density at radius 2 is 2.17 bits per heavy atom. The quantitative estimate of drug-likeness (QED) is 0.631. The van der Waals surface area contributed by atoms with Gasteiger partial charge in [-0.2, -0.15) is 0 Å². The number of aromatic nitrogens is 1. The van der Waals surface area contributed by atoms with E-state index in [0.29, 0.717) is 0 Å². The second kappa shape index (κ2) is 5.38. The molecule has 0 saturated heterocycles. The van der Waals surface area contributed by atoms with E-state index in [4.69, 9.17) is 16.1 Å². The molecule has 1 aromatic rings. The van der Waals surface area contributed by atoms with E-state index in [1.165, 1.54) is 24.1 Å². The number of hydrogen-bond donors (Lipinski definition) is 2. The van der Waals surface area contributed by atoms with Crippen molar-refractivity contribution in [3.05, 3.63) is 22.9 Å². The summed E-state index contributed by atoms with van der Waals surface area (Å²) >= 11 is 0. The van der Waals surface area contributed by atoms with Crippen LogP contribution in [0, 0.1) is 5.41 Å². The van der Waals surface area contributed by atoms with Gasteiger partial charge in [0.1, 0.15) is 11.7 Å². The first-order valence-electron chi connectivity index (χ1n) is 6.71. The second-order valence-electron chi connectivity index (χ2n) is 5.01. The van der Waals surface area contributed by atoms with Crippen molar-refractivity contribution in [3.63, 3.8) is 0 Å². The highest BCUT2D eigenvalue weighted by molar-refractivity contribution is 5.99. The minimum Gasteiger partial charge on any atom is -0.384 e. The molecule has 0 aromatic carbocycles. The van der Waals surface area contributed by atoms with Crippen LogP contribution in [0.5, 0.6) is 0 Å². The number of nitrogens with two attached hydrogens (primary N) is 1. The summed E-state index contributed by atoms with van der Waals surface area (Å²) in [5.41, 5.74) is 8.96. The summed E-state index contributed by atoms with van der Waals surface area (Å²) in [5.74, 6) is 0.985. The molecule has 0 spiro atoms. The predicted molar refractivity (Wildman–Crippen MR) is 75.5 cm³/mol. The molecular weight excluding hydrogens is 224 g/mol. The lowest BCUT2D eigenvalue weighted by Crippen LogP contribution is -2.26. The molecule has 0 atom stereocenters. The number of hydrogen-bond acceptors (Lipinski definition) is 3. The molecule has 18 heavy (non-hydrogen) atoms. The van der Waals surface area contributed by atoms with Gasteiger partial charge in [0.25, 0.3) is 0 Å². The maximum Gasteiger partial charge on any atom is 0.139 e. The molecule has 98 valence electrons. The highest BCUT2D eigenvalue weighted by Crippen LogP contribution is 2.26. The van der Waals surface area contributed by atoms with Crippen LogP contribution in [0.2, 0.25) is 0 Å². The number of anilines is 1. The van der Waals surface area contributed by atoms with E-state index in [0.717, 1.165) is 37.2 Å². The zero-order valence-electron chi connectivity index (χ0n) is 11.3. The Labute approximate surface area is 109 Å². The van der Waals surface area contributed by atoms with Gasteiger partial charge in [0.2, 0.25) is 0 Å². The monoisotopic (exact) mass is 246 g/mol. The average Bonchev–Trinajstić information content (AvgIpc) is 2.37. The molecule has 0 bridgehead atoms. The van der Waals surface area contributed by atoms with Gasteiger partial charge in [-0.3, -0.25) is 5.41 Å². The number of nitrogens with one attached hydrogen (secondary N) is 1. The van der Waals surface area contributed by atoms with E-state index in [-0.39, 0.29) is 5.84 Å². The van der Waals surface area contributed by atoms with Crippen LogP contribution in [-0.4, -0.2) is 24.4 Å². The standard InChI is InChI=1S/C14H22N4/c1-3-8-18(2)14-11(13(15)16)9-10-6-4-5-7-12(10)17-14/h9H,3-8H2,1-2H3,(H3,15,16). The van der Waals surface area contributed by atoms with Gasteiger partial charge in [0.15, 0.2) is 0 Å². The number of rotatable bonds is 4. The fourth-order valence-electron chi connectivity index (χ4n) is 2.55. The Morgan fingerprint density at radius 3 is 2.83 bits per heavy atom. The van der Waals surface area contributed by atoms with Crippen molar-refractivity contribution < 1.29 is 0 Å². The zero-order chi connectivity index (χ0) is 13.1. The fraction of sp³-hybridized carbons (Fsp3) is 0.571. The summed E-state index contributed by atoms with van der Waals surface area (Å²) in [6, 6.07) is 2.07. The number of pyridine rings is 1. The molecule has 0 saturated carbocycles. The molecule has 4 heteroatoms. The third kappa shape index (κ3) is 2.47. The molecule has 1 heterocycles. The van der Waals surface area contributed by atoms with Crippen molar-refractivity contribution in [3.8, 4) is 0 Å². The number of fused-ring (bicyclic) bond motifs is 1. The molecule has 0 amide bonds. The number of aryl methyl sites for hydroxylation is 2. The normalized spacial score (nSPS) is 14.1. The fourth-order valence-corrected chi connectivity index (χ4v) is 2.55. The number of amidine groups is 1. The van der Waals surface area contributed by atoms with Crippen LogP contribution in [0.15, 0.2) is 6.07 Å². The van der Waals surface area contributed by atoms with Crippen molar-refractivity contribution in [1.29, 1.82) is 5.41 Å². The van der Waals surface area contributed by atoms with Gasteiger partial charge >= 0.3 is 0 Å². The van der Waals surface area contributed by atoms with E-state index in [1.54, 1.807) is 0 Å². The summed E-state index contributed by atoms with van der Waals surface area (Å²) in [6.45, 7) is 3.08. The van der Waals surface area contributed by atoms with E-state index < -0.39 is 0 Å². The van der Waals surface area contributed by atoms with Gasteiger partial charge in [-0.05, 0) is 43.7 Å². The van der Waals surface area contributed by atoms with E-state index in [1.807, 2.05) is 7.05 Å². The second-order valence-corrected chi connectivity index (χ2v) is 5.01. The maximum atomic E-state index is 7.73. The summed E-state index contributed by atoms with van der Waals surface area (Å²) < 4.78 is 0. The summed E-state index contributed by atoms with van der Waals surface area (Å²) in [7, 11) is 2.02. The summed E-state index contributed by atoms with van der Waals surface area (Å²) in [5, 5.41) is 7.73. The van der Waals surface area contributed by atoms with E-state index in [2.05, 4.69) is 17.9 Å². The molecule has 1 aliphatic carbocycles. The third-order valence-corrected chi connectivity index (χ3v) is 3.49. The van der Waals surface area contributed by atoms with Crippen LogP contribution in [0.4, 0.5) is 5.82 Å². The molecular formula is C14H22N4. The Bertz CT molecular complexity index is 453. The molecule has 2 rings (SSSR count). The SMILES string of the molecule is CCCN(C)c1nc2c(cc1C(=N)N)CCCC2. The molecule has 1 aliphatic rings. The maximum absolute atomic E-state index is 7.73. The first-order valence-corrected chi connectivity index (χ1v) is 6.71. The molecule has 0 unspecified atom stereocenters. The lowest BCUT2D eigenvalue weighted by Gasteiger charge is -2.24. The lowest BCUT2D eigenvalue weighted by molar-refractivity contribution is 0.665. The highest BCUT2D eigenvalue weighted by atomic mass is 15.2. The van der Waals surface area contributed by atoms with Crippen molar-refractivity contribution in [1.82, 2.24) is 4.98 Å². The van der Waals surface area contributed by atoms with Gasteiger partial charge in [-0.15, -0.1) is 0 Å². The summed E-state index contributed by atoms with van der Waals surface area (Å²) in [6.07, 6.45) is 5.62. The first kappa shape index (κ1) is 12.9. The Morgan fingerprint density at radius 1 is 1.44 bits per heavy atom. The largest absolute Gasteiger partial charge is 0.384 e. The Kier molecular flexibility index (Phi) is 3.84. The van der Waals surface area contributed by atoms with Crippen molar-refractivity contribution >= 4 is 11.7 Å². The molecule has 0 fully saturated rings. The number of nitrogen functional groups attached to an aromatic ring is 1. The van der Waals surface area contributed by atoms with Crippen molar-refractivity contribution in [2.45, 2.75) is 39.0 Å². The van der Waals surface area contributed by atoms with Gasteiger partial charge in [-0.25, -0.2) is 4.98 Å². The minimum atomic E-state index is 0.119. The lowest BCUT2D eigenvalue weighted by atomic mass is 9.94. The van der Waals surface area contributed by atoms with Gasteiger partial charge in [0, 0.05) is 19.3 Å². The van der Waals surface area contributed by atoms with Gasteiger partial charge in [-0.1, -0.05) is 6.92 Å². The Balaban J connectivity index is 2.45. The Hall–Kier alpha value is -1.58. The van der Waals surface area contributed by atoms with Gasteiger partial charge < -0.3 is 10.6 Å². The van der Waals surface area contributed by atoms with Crippen LogP contribution >= 0.6 is 0 Å². The van der Waals surface area contributed by atoms with Crippen LogP contribution in [0.25, 0.3) is 0 Å². The van der Waals surface area contributed by atoms with Crippen LogP contribution in [-0.2, 0) is 12.8 Å².